The van der Waals surface area contributed by atoms with Crippen molar-refractivity contribution < 1.29 is 32.2 Å². The van der Waals surface area contributed by atoms with Gasteiger partial charge >= 0.3 is 0 Å². The number of methoxy groups -OCH3 is 3. The number of amides is 2. The predicted octanol–water partition coefficient (Wildman–Crippen LogP) is 4.71. The van der Waals surface area contributed by atoms with Crippen LogP contribution in [0.3, 0.4) is 0 Å². The van der Waals surface area contributed by atoms with E-state index in [0.29, 0.717) is 23.7 Å². The van der Waals surface area contributed by atoms with E-state index in [2.05, 4.69) is 5.32 Å². The van der Waals surface area contributed by atoms with E-state index in [1.54, 1.807) is 50.4 Å². The number of ether oxygens (including phenoxy) is 3. The Morgan fingerprint density at radius 1 is 0.818 bits per heavy atom. The Morgan fingerprint density at radius 2 is 1.43 bits per heavy atom. The number of nitrogens with zero attached hydrogens (tertiary/aromatic N) is 2. The highest BCUT2D eigenvalue weighted by molar-refractivity contribution is 7.92. The zero-order valence-electron chi connectivity index (χ0n) is 26.7. The molecule has 11 heteroatoms. The molecule has 0 aliphatic rings. The fourth-order valence-electron chi connectivity index (χ4n) is 4.69. The molecule has 0 spiro atoms. The largest absolute Gasteiger partial charge is 0.497 e. The first-order valence-electron chi connectivity index (χ1n) is 14.3. The molecule has 0 unspecified atom stereocenters. The summed E-state index contributed by atoms with van der Waals surface area (Å²) in [5.41, 5.74) is 2.74. The van der Waals surface area contributed by atoms with Crippen molar-refractivity contribution >= 4 is 27.5 Å². The number of carbonyl (C=O) groups excluding carboxylic acids is 2. The third kappa shape index (κ3) is 8.43. The molecule has 3 aromatic carbocycles. The molecule has 0 saturated carbocycles. The molecule has 1 N–H and O–H groups in total. The van der Waals surface area contributed by atoms with Crippen LogP contribution in [0.1, 0.15) is 37.5 Å². The van der Waals surface area contributed by atoms with Crippen LogP contribution in [0.5, 0.6) is 17.2 Å². The molecule has 238 valence electrons. The Kier molecular flexibility index (Phi) is 11.6. The number of aryl methyl sites for hydroxylation is 2. The number of anilines is 1. The third-order valence-electron chi connectivity index (χ3n) is 7.08. The SMILES string of the molecule is COc1ccc(CN(C(=O)CN(c2cc(C)cc(C)c2)S(=O)(=O)c2ccc(OC)c(OC)c2)[C@H](C)C(=O)NCC(C)C)cc1. The van der Waals surface area contributed by atoms with E-state index >= 15 is 0 Å². The lowest BCUT2D eigenvalue weighted by Gasteiger charge is -2.32. The Morgan fingerprint density at radius 3 is 1.98 bits per heavy atom. The van der Waals surface area contributed by atoms with E-state index < -0.39 is 28.5 Å². The van der Waals surface area contributed by atoms with Gasteiger partial charge in [0, 0.05) is 19.2 Å². The number of nitrogens with one attached hydrogen (secondary N) is 1. The standard InChI is InChI=1S/C33H43N3O7S/c1-22(2)19-34-33(38)25(5)35(20-26-9-11-28(41-6)12-10-26)32(37)21-36(27-16-23(3)15-24(4)17-27)44(39,40)29-13-14-30(42-7)31(18-29)43-8/h9-18,22,25H,19-21H2,1-8H3,(H,34,38)/t25-/m1/s1. The van der Waals surface area contributed by atoms with Gasteiger partial charge in [0.05, 0.1) is 31.9 Å². The van der Waals surface area contributed by atoms with Gasteiger partial charge in [-0.15, -0.1) is 0 Å². The molecule has 44 heavy (non-hydrogen) atoms. The lowest BCUT2D eigenvalue weighted by molar-refractivity contribution is -0.139. The van der Waals surface area contributed by atoms with Gasteiger partial charge in [0.25, 0.3) is 10.0 Å². The Hall–Kier alpha value is -4.25. The summed E-state index contributed by atoms with van der Waals surface area (Å²) in [4.78, 5) is 28.7. The summed E-state index contributed by atoms with van der Waals surface area (Å²) in [6, 6.07) is 15.9. The molecule has 0 aliphatic carbocycles. The second kappa shape index (κ2) is 15.0. The van der Waals surface area contributed by atoms with Crippen molar-refractivity contribution in [2.24, 2.45) is 5.92 Å². The van der Waals surface area contributed by atoms with Crippen LogP contribution in [-0.2, 0) is 26.2 Å². The summed E-state index contributed by atoms with van der Waals surface area (Å²) in [6.07, 6.45) is 0. The van der Waals surface area contributed by atoms with Gasteiger partial charge < -0.3 is 24.4 Å². The van der Waals surface area contributed by atoms with Gasteiger partial charge in [-0.1, -0.05) is 32.0 Å². The molecule has 0 saturated heterocycles. The van der Waals surface area contributed by atoms with E-state index in [1.165, 1.54) is 37.3 Å². The molecule has 0 heterocycles. The van der Waals surface area contributed by atoms with Crippen molar-refractivity contribution in [1.29, 1.82) is 0 Å². The molecule has 0 aromatic heterocycles. The van der Waals surface area contributed by atoms with Crippen molar-refractivity contribution in [1.82, 2.24) is 10.2 Å². The number of carbonyl (C=O) groups is 2. The maximum Gasteiger partial charge on any atom is 0.264 e. The average molecular weight is 626 g/mol. The van der Waals surface area contributed by atoms with Gasteiger partial charge in [-0.3, -0.25) is 13.9 Å². The lowest BCUT2D eigenvalue weighted by Crippen LogP contribution is -2.51. The number of hydrogen-bond acceptors (Lipinski definition) is 7. The van der Waals surface area contributed by atoms with Crippen LogP contribution in [0.25, 0.3) is 0 Å². The first-order valence-corrected chi connectivity index (χ1v) is 15.8. The Bertz CT molecular complexity index is 1540. The normalized spacial score (nSPS) is 11.9. The highest BCUT2D eigenvalue weighted by Crippen LogP contribution is 2.33. The summed E-state index contributed by atoms with van der Waals surface area (Å²) in [5.74, 6) is 0.585. The van der Waals surface area contributed by atoms with E-state index in [4.69, 9.17) is 14.2 Å². The first-order chi connectivity index (χ1) is 20.8. The molecule has 1 atom stereocenters. The van der Waals surface area contributed by atoms with Crippen LogP contribution >= 0.6 is 0 Å². The van der Waals surface area contributed by atoms with E-state index in [1.807, 2.05) is 33.8 Å². The third-order valence-corrected chi connectivity index (χ3v) is 8.85. The predicted molar refractivity (Wildman–Crippen MR) is 171 cm³/mol. The molecule has 3 rings (SSSR count). The van der Waals surface area contributed by atoms with Gasteiger partial charge in [0.1, 0.15) is 18.3 Å². The van der Waals surface area contributed by atoms with Crippen molar-refractivity contribution in [2.75, 3.05) is 38.7 Å². The summed E-state index contributed by atoms with van der Waals surface area (Å²) < 4.78 is 45.5. The fourth-order valence-corrected chi connectivity index (χ4v) is 6.10. The van der Waals surface area contributed by atoms with Gasteiger partial charge in [-0.05, 0) is 79.8 Å². The Labute approximate surface area is 261 Å². The summed E-state index contributed by atoms with van der Waals surface area (Å²) in [5, 5.41) is 2.89. The quantitative estimate of drug-likeness (QED) is 0.276. The van der Waals surface area contributed by atoms with Crippen LogP contribution < -0.4 is 23.8 Å². The maximum absolute atomic E-state index is 14.3. The van der Waals surface area contributed by atoms with Crippen LogP contribution in [0.2, 0.25) is 0 Å². The minimum Gasteiger partial charge on any atom is -0.497 e. The minimum absolute atomic E-state index is 0.0773. The second-order valence-electron chi connectivity index (χ2n) is 11.1. The Balaban J connectivity index is 2.09. The zero-order chi connectivity index (χ0) is 32.6. The monoisotopic (exact) mass is 625 g/mol. The van der Waals surface area contributed by atoms with E-state index in [9.17, 15) is 18.0 Å². The van der Waals surface area contributed by atoms with Crippen LogP contribution in [0.15, 0.2) is 65.6 Å². The van der Waals surface area contributed by atoms with Crippen molar-refractivity contribution in [2.45, 2.75) is 52.1 Å². The molecule has 2 amide bonds. The summed E-state index contributed by atoms with van der Waals surface area (Å²) in [6.45, 7) is 9.29. The highest BCUT2D eigenvalue weighted by Gasteiger charge is 2.33. The average Bonchev–Trinajstić information content (AvgIpc) is 2.99. The summed E-state index contributed by atoms with van der Waals surface area (Å²) in [7, 11) is 0.152. The molecule has 0 fully saturated rings. The minimum atomic E-state index is -4.29. The molecule has 0 bridgehead atoms. The molecule has 0 radical (unpaired) electrons. The number of rotatable bonds is 14. The summed E-state index contributed by atoms with van der Waals surface area (Å²) >= 11 is 0. The van der Waals surface area contributed by atoms with E-state index in [-0.39, 0.29) is 29.0 Å². The van der Waals surface area contributed by atoms with Crippen molar-refractivity contribution in [3.8, 4) is 17.2 Å². The fraction of sp³-hybridized carbons (Fsp3) is 0.394. The van der Waals surface area contributed by atoms with Crippen LogP contribution in [0, 0.1) is 19.8 Å². The molecule has 0 aliphatic heterocycles. The zero-order valence-corrected chi connectivity index (χ0v) is 27.5. The molecular formula is C33H43N3O7S. The highest BCUT2D eigenvalue weighted by atomic mass is 32.2. The molecule has 10 nitrogen and oxygen atoms in total. The molecule has 3 aromatic rings. The number of sulfonamides is 1. The smallest absolute Gasteiger partial charge is 0.264 e. The van der Waals surface area contributed by atoms with Gasteiger partial charge in [0.15, 0.2) is 11.5 Å². The second-order valence-corrected chi connectivity index (χ2v) is 12.9. The first kappa shape index (κ1) is 34.2. The number of benzene rings is 3. The lowest BCUT2D eigenvalue weighted by atomic mass is 10.1. The topological polar surface area (TPSA) is 114 Å². The van der Waals surface area contributed by atoms with E-state index in [0.717, 1.165) is 21.0 Å². The molecular weight excluding hydrogens is 582 g/mol. The van der Waals surface area contributed by atoms with Gasteiger partial charge in [0.2, 0.25) is 11.8 Å². The maximum atomic E-state index is 14.3. The van der Waals surface area contributed by atoms with Gasteiger partial charge in [-0.25, -0.2) is 8.42 Å². The van der Waals surface area contributed by atoms with Gasteiger partial charge in [-0.2, -0.15) is 0 Å². The van der Waals surface area contributed by atoms with Crippen LogP contribution in [-0.4, -0.2) is 65.6 Å². The number of hydrogen-bond donors (Lipinski definition) is 1. The van der Waals surface area contributed by atoms with Crippen molar-refractivity contribution in [3.05, 3.63) is 77.4 Å². The van der Waals surface area contributed by atoms with Crippen molar-refractivity contribution in [3.63, 3.8) is 0 Å². The van der Waals surface area contributed by atoms with Crippen LogP contribution in [0.4, 0.5) is 5.69 Å².